The van der Waals surface area contributed by atoms with Gasteiger partial charge in [-0.3, -0.25) is 24.8 Å². The highest BCUT2D eigenvalue weighted by Gasteiger charge is 2.26. The highest BCUT2D eigenvalue weighted by molar-refractivity contribution is 7.92. The third-order valence-electron chi connectivity index (χ3n) is 6.77. The second kappa shape index (κ2) is 14.1. The van der Waals surface area contributed by atoms with Crippen molar-refractivity contribution in [3.05, 3.63) is 76.6 Å². The van der Waals surface area contributed by atoms with Gasteiger partial charge in [0.05, 0.1) is 44.9 Å². The van der Waals surface area contributed by atoms with E-state index < -0.39 is 46.5 Å². The van der Waals surface area contributed by atoms with Crippen molar-refractivity contribution in [3.8, 4) is 11.5 Å². The summed E-state index contributed by atoms with van der Waals surface area (Å²) < 4.78 is 64.3. The molecule has 2 aromatic carbocycles. The standard InChI is InChI=1S/C28H33N5O9S2/c1-20(2)43(37,38)23-16-21(18-29-19-23)42-27-7-4-3-6-24(27)28(34)31-44(39,40)22-8-9-25(26(17-22)33(35)36)30-10-5-11-32-12-14-41-15-13-32/h3-4,6-9,16-20,30H,5,10-15H2,1-2H3,(H,31,34). The average molecular weight is 648 g/mol. The maximum absolute atomic E-state index is 13.1. The number of anilines is 1. The Labute approximate surface area is 255 Å². The predicted octanol–water partition coefficient (Wildman–Crippen LogP) is 3.22. The van der Waals surface area contributed by atoms with Gasteiger partial charge in [-0.15, -0.1) is 0 Å². The molecule has 2 N–H and O–H groups in total. The van der Waals surface area contributed by atoms with Crippen molar-refractivity contribution < 1.29 is 36.0 Å². The number of pyridine rings is 1. The van der Waals surface area contributed by atoms with Crippen molar-refractivity contribution in [2.45, 2.75) is 35.3 Å². The summed E-state index contributed by atoms with van der Waals surface area (Å²) in [6.45, 7) is 7.24. The van der Waals surface area contributed by atoms with Gasteiger partial charge in [-0.05, 0) is 51.1 Å². The molecule has 4 rings (SSSR count). The van der Waals surface area contributed by atoms with Crippen molar-refractivity contribution in [1.82, 2.24) is 14.6 Å². The second-order valence-corrected chi connectivity index (χ2v) is 14.3. The lowest BCUT2D eigenvalue weighted by molar-refractivity contribution is -0.384. The number of benzene rings is 2. The van der Waals surface area contributed by atoms with Crippen LogP contribution in [0, 0.1) is 10.1 Å². The number of amides is 1. The van der Waals surface area contributed by atoms with Gasteiger partial charge >= 0.3 is 0 Å². The first-order valence-electron chi connectivity index (χ1n) is 13.7. The first kappa shape index (κ1) is 32.8. The zero-order valence-corrected chi connectivity index (χ0v) is 25.8. The van der Waals surface area contributed by atoms with Gasteiger partial charge in [0.15, 0.2) is 9.84 Å². The molecule has 0 radical (unpaired) electrons. The molecule has 236 valence electrons. The van der Waals surface area contributed by atoms with E-state index >= 15 is 0 Å². The van der Waals surface area contributed by atoms with Gasteiger partial charge in [0.1, 0.15) is 17.2 Å². The van der Waals surface area contributed by atoms with Gasteiger partial charge in [-0.2, -0.15) is 0 Å². The maximum Gasteiger partial charge on any atom is 0.293 e. The van der Waals surface area contributed by atoms with Crippen molar-refractivity contribution in [2.24, 2.45) is 0 Å². The summed E-state index contributed by atoms with van der Waals surface area (Å²) >= 11 is 0. The van der Waals surface area contributed by atoms with Gasteiger partial charge in [0, 0.05) is 38.0 Å². The minimum Gasteiger partial charge on any atom is -0.455 e. The lowest BCUT2D eigenvalue weighted by Crippen LogP contribution is -2.37. The van der Waals surface area contributed by atoms with Gasteiger partial charge < -0.3 is 14.8 Å². The molecule has 0 bridgehead atoms. The number of nitrogens with zero attached hydrogens (tertiary/aromatic N) is 3. The molecule has 0 spiro atoms. The third kappa shape index (κ3) is 8.07. The molecule has 0 unspecified atom stereocenters. The minimum absolute atomic E-state index is 0.0125. The Morgan fingerprint density at radius 2 is 1.80 bits per heavy atom. The van der Waals surface area contributed by atoms with Crippen molar-refractivity contribution in [2.75, 3.05) is 44.7 Å². The Hall–Kier alpha value is -4.12. The van der Waals surface area contributed by atoms with E-state index in [4.69, 9.17) is 9.47 Å². The Kier molecular flexibility index (Phi) is 10.5. The number of sulfonamides is 1. The smallest absolute Gasteiger partial charge is 0.293 e. The molecule has 1 aliphatic rings. The fourth-order valence-electron chi connectivity index (χ4n) is 4.32. The number of sulfone groups is 1. The summed E-state index contributed by atoms with van der Waals surface area (Å²) in [5.41, 5.74) is -0.489. The highest BCUT2D eigenvalue weighted by atomic mass is 32.2. The average Bonchev–Trinajstić information content (AvgIpc) is 3.00. The van der Waals surface area contributed by atoms with E-state index in [0.717, 1.165) is 25.7 Å². The molecular formula is C28H33N5O9S2. The number of para-hydroxylation sites is 1. The van der Waals surface area contributed by atoms with E-state index in [9.17, 15) is 31.7 Å². The SMILES string of the molecule is CC(C)S(=O)(=O)c1cncc(Oc2ccccc2C(=O)NS(=O)(=O)c2ccc(NCCCN3CCOCC3)c([N+](=O)[O-])c2)c1. The summed E-state index contributed by atoms with van der Waals surface area (Å²) in [4.78, 5) is 29.8. The number of hydrogen-bond acceptors (Lipinski definition) is 12. The lowest BCUT2D eigenvalue weighted by Gasteiger charge is -2.26. The molecular weight excluding hydrogens is 614 g/mol. The number of rotatable bonds is 13. The maximum atomic E-state index is 13.1. The van der Waals surface area contributed by atoms with Gasteiger partial charge in [0.25, 0.3) is 21.6 Å². The number of nitro groups is 1. The van der Waals surface area contributed by atoms with Crippen LogP contribution >= 0.6 is 0 Å². The van der Waals surface area contributed by atoms with E-state index in [1.165, 1.54) is 62.6 Å². The fourth-order valence-corrected chi connectivity index (χ4v) is 6.34. The number of aromatic nitrogens is 1. The number of nitrogens with one attached hydrogen (secondary N) is 2. The molecule has 3 aromatic rings. The van der Waals surface area contributed by atoms with Crippen LogP contribution in [0.2, 0.25) is 0 Å². The van der Waals surface area contributed by atoms with Gasteiger partial charge in [0.2, 0.25) is 0 Å². The first-order chi connectivity index (χ1) is 20.9. The molecule has 0 atom stereocenters. The first-order valence-corrected chi connectivity index (χ1v) is 16.8. The zero-order chi connectivity index (χ0) is 31.9. The number of nitro benzene ring substituents is 1. The molecule has 0 saturated carbocycles. The normalized spacial score (nSPS) is 14.2. The number of carbonyl (C=O) groups is 1. The van der Waals surface area contributed by atoms with Crippen LogP contribution in [0.25, 0.3) is 0 Å². The molecule has 1 aliphatic heterocycles. The predicted molar refractivity (Wildman–Crippen MR) is 161 cm³/mol. The molecule has 44 heavy (non-hydrogen) atoms. The Morgan fingerprint density at radius 1 is 1.07 bits per heavy atom. The van der Waals surface area contributed by atoms with Crippen molar-refractivity contribution in [3.63, 3.8) is 0 Å². The van der Waals surface area contributed by atoms with Crippen molar-refractivity contribution in [1.29, 1.82) is 0 Å². The molecule has 1 fully saturated rings. The van der Waals surface area contributed by atoms with Crippen LogP contribution in [0.15, 0.2) is 70.7 Å². The summed E-state index contributed by atoms with van der Waals surface area (Å²) in [6.07, 6.45) is 3.14. The molecule has 1 saturated heterocycles. The lowest BCUT2D eigenvalue weighted by atomic mass is 10.2. The molecule has 2 heterocycles. The number of ether oxygens (including phenoxy) is 2. The van der Waals surface area contributed by atoms with Crippen LogP contribution in [-0.4, -0.2) is 82.2 Å². The summed E-state index contributed by atoms with van der Waals surface area (Å²) in [5, 5.41) is 14.1. The molecule has 0 aliphatic carbocycles. The monoisotopic (exact) mass is 647 g/mol. The van der Waals surface area contributed by atoms with Crippen LogP contribution < -0.4 is 14.8 Å². The summed E-state index contributed by atoms with van der Waals surface area (Å²) in [6, 6.07) is 10.3. The van der Waals surface area contributed by atoms with E-state index in [1.807, 2.05) is 4.72 Å². The molecule has 1 aromatic heterocycles. The Morgan fingerprint density at radius 3 is 2.50 bits per heavy atom. The zero-order valence-electron chi connectivity index (χ0n) is 24.1. The quantitative estimate of drug-likeness (QED) is 0.157. The largest absolute Gasteiger partial charge is 0.455 e. The topological polar surface area (TPSA) is 187 Å². The van der Waals surface area contributed by atoms with Crippen LogP contribution in [-0.2, 0) is 24.6 Å². The van der Waals surface area contributed by atoms with E-state index in [0.29, 0.717) is 26.2 Å². The minimum atomic E-state index is -4.54. The number of carbonyl (C=O) groups excluding carboxylic acids is 1. The van der Waals surface area contributed by atoms with Gasteiger partial charge in [-0.25, -0.2) is 21.6 Å². The van der Waals surface area contributed by atoms with Gasteiger partial charge in [-0.1, -0.05) is 12.1 Å². The summed E-state index contributed by atoms with van der Waals surface area (Å²) in [7, 11) is -8.20. The van der Waals surface area contributed by atoms with E-state index in [2.05, 4.69) is 15.2 Å². The summed E-state index contributed by atoms with van der Waals surface area (Å²) in [5.74, 6) is -1.12. The van der Waals surface area contributed by atoms with Crippen LogP contribution in [0.1, 0.15) is 30.6 Å². The van der Waals surface area contributed by atoms with E-state index in [1.54, 1.807) is 6.07 Å². The van der Waals surface area contributed by atoms with Crippen molar-refractivity contribution >= 4 is 37.1 Å². The van der Waals surface area contributed by atoms with Crippen LogP contribution in [0.5, 0.6) is 11.5 Å². The van der Waals surface area contributed by atoms with Crippen LogP contribution in [0.3, 0.4) is 0 Å². The third-order valence-corrected chi connectivity index (χ3v) is 10.2. The molecule has 14 nitrogen and oxygen atoms in total. The van der Waals surface area contributed by atoms with E-state index in [-0.39, 0.29) is 27.6 Å². The molecule has 1 amide bonds. The Balaban J connectivity index is 1.48. The molecule has 16 heteroatoms. The fraction of sp³-hybridized carbons (Fsp3) is 0.357. The number of morpholine rings is 1. The number of hydrogen-bond donors (Lipinski definition) is 2. The Bertz CT molecular complexity index is 1720. The second-order valence-electron chi connectivity index (χ2n) is 10.2. The highest BCUT2D eigenvalue weighted by Crippen LogP contribution is 2.30. The van der Waals surface area contributed by atoms with Crippen LogP contribution in [0.4, 0.5) is 11.4 Å².